The molecular weight excluding hydrogens is 326 g/mol. The van der Waals surface area contributed by atoms with Gasteiger partial charge < -0.3 is 9.42 Å². The summed E-state index contributed by atoms with van der Waals surface area (Å²) in [7, 11) is 0. The van der Waals surface area contributed by atoms with Crippen LogP contribution in [0.15, 0.2) is 22.7 Å². The lowest BCUT2D eigenvalue weighted by Gasteiger charge is -2.32. The van der Waals surface area contributed by atoms with Crippen molar-refractivity contribution < 1.29 is 9.32 Å². The van der Waals surface area contributed by atoms with Crippen molar-refractivity contribution in [2.45, 2.75) is 39.5 Å². The van der Waals surface area contributed by atoms with Crippen molar-refractivity contribution in [1.29, 1.82) is 0 Å². The zero-order valence-electron chi connectivity index (χ0n) is 14.1. The second kappa shape index (κ2) is 7.34. The summed E-state index contributed by atoms with van der Waals surface area (Å²) in [4.78, 5) is 18.9. The van der Waals surface area contributed by atoms with E-state index >= 15 is 0 Å². The number of benzene rings is 1. The van der Waals surface area contributed by atoms with Gasteiger partial charge in [0, 0.05) is 31.5 Å². The Kier molecular flexibility index (Phi) is 5.19. The fourth-order valence-corrected chi connectivity index (χ4v) is 3.45. The maximum atomic E-state index is 12.7. The maximum Gasteiger partial charge on any atom is 0.227 e. The van der Waals surface area contributed by atoms with E-state index in [4.69, 9.17) is 16.1 Å². The van der Waals surface area contributed by atoms with Crippen molar-refractivity contribution in [3.8, 4) is 0 Å². The first-order chi connectivity index (χ1) is 11.5. The van der Waals surface area contributed by atoms with Crippen LogP contribution in [0.4, 0.5) is 0 Å². The first kappa shape index (κ1) is 17.0. The zero-order chi connectivity index (χ0) is 17.1. The molecule has 1 fully saturated rings. The minimum atomic E-state index is 0.136. The van der Waals surface area contributed by atoms with Gasteiger partial charge >= 0.3 is 0 Å². The van der Waals surface area contributed by atoms with E-state index < -0.39 is 0 Å². The van der Waals surface area contributed by atoms with Crippen molar-refractivity contribution in [3.63, 3.8) is 0 Å². The number of aromatic nitrogens is 2. The van der Waals surface area contributed by atoms with Crippen LogP contribution in [0, 0.1) is 19.8 Å². The number of likely N-dealkylation sites (tertiary alicyclic amines) is 1. The summed E-state index contributed by atoms with van der Waals surface area (Å²) in [6.45, 7) is 5.30. The SMILES string of the molecule is Cc1nc(C[C@H]2CCCN(C(=O)Cc3cccc(C)c3Cl)C2)no1. The molecule has 1 aliphatic heterocycles. The largest absolute Gasteiger partial charge is 0.342 e. The molecule has 1 aromatic carbocycles. The standard InChI is InChI=1S/C18H22ClN3O2/c1-12-5-3-7-15(18(12)19)10-17(23)22-8-4-6-14(11-22)9-16-20-13(2)24-21-16/h3,5,7,14H,4,6,8-11H2,1-2H3/t14-/m1/s1. The van der Waals surface area contributed by atoms with Crippen LogP contribution in [0.25, 0.3) is 0 Å². The molecule has 1 aromatic heterocycles. The highest BCUT2D eigenvalue weighted by molar-refractivity contribution is 6.32. The van der Waals surface area contributed by atoms with Crippen LogP contribution in [0.3, 0.4) is 0 Å². The van der Waals surface area contributed by atoms with E-state index in [2.05, 4.69) is 10.1 Å². The van der Waals surface area contributed by atoms with Gasteiger partial charge in [0.1, 0.15) is 0 Å². The number of hydrogen-bond acceptors (Lipinski definition) is 4. The van der Waals surface area contributed by atoms with Gasteiger partial charge in [-0.05, 0) is 36.8 Å². The number of carbonyl (C=O) groups excluding carboxylic acids is 1. The second-order valence-electron chi connectivity index (χ2n) is 6.51. The molecule has 1 saturated heterocycles. The van der Waals surface area contributed by atoms with Crippen LogP contribution in [0.1, 0.15) is 35.7 Å². The van der Waals surface area contributed by atoms with Gasteiger partial charge in [-0.15, -0.1) is 0 Å². The van der Waals surface area contributed by atoms with E-state index in [9.17, 15) is 4.79 Å². The lowest BCUT2D eigenvalue weighted by Crippen LogP contribution is -2.41. The molecule has 0 N–H and O–H groups in total. The molecular formula is C18H22ClN3O2. The number of amides is 1. The average molecular weight is 348 g/mol. The molecule has 24 heavy (non-hydrogen) atoms. The van der Waals surface area contributed by atoms with Crippen LogP contribution in [0.2, 0.25) is 5.02 Å². The second-order valence-corrected chi connectivity index (χ2v) is 6.88. The van der Waals surface area contributed by atoms with Gasteiger partial charge in [-0.25, -0.2) is 0 Å². The molecule has 0 spiro atoms. The minimum absolute atomic E-state index is 0.136. The number of nitrogens with zero attached hydrogens (tertiary/aromatic N) is 3. The highest BCUT2D eigenvalue weighted by Crippen LogP contribution is 2.24. The molecule has 128 valence electrons. The third-order valence-corrected chi connectivity index (χ3v) is 5.07. The predicted molar refractivity (Wildman–Crippen MR) is 91.9 cm³/mol. The summed E-state index contributed by atoms with van der Waals surface area (Å²) >= 11 is 6.32. The number of rotatable bonds is 4. The number of piperidine rings is 1. The molecule has 5 nitrogen and oxygen atoms in total. The van der Waals surface area contributed by atoms with Crippen molar-refractivity contribution in [2.24, 2.45) is 5.92 Å². The Morgan fingerprint density at radius 3 is 3.00 bits per heavy atom. The summed E-state index contributed by atoms with van der Waals surface area (Å²) in [6.07, 6.45) is 3.21. The van der Waals surface area contributed by atoms with Gasteiger partial charge in [0.15, 0.2) is 5.82 Å². The molecule has 2 heterocycles. The van der Waals surface area contributed by atoms with Crippen LogP contribution in [-0.4, -0.2) is 34.0 Å². The molecule has 1 amide bonds. The fraction of sp³-hybridized carbons (Fsp3) is 0.500. The summed E-state index contributed by atoms with van der Waals surface area (Å²) in [5, 5.41) is 4.66. The minimum Gasteiger partial charge on any atom is -0.342 e. The normalized spacial score (nSPS) is 18.0. The topological polar surface area (TPSA) is 59.2 Å². The number of aryl methyl sites for hydroxylation is 2. The smallest absolute Gasteiger partial charge is 0.227 e. The van der Waals surface area contributed by atoms with Crippen LogP contribution < -0.4 is 0 Å². The van der Waals surface area contributed by atoms with E-state index in [1.54, 1.807) is 6.92 Å². The van der Waals surface area contributed by atoms with Crippen molar-refractivity contribution >= 4 is 17.5 Å². The van der Waals surface area contributed by atoms with Crippen molar-refractivity contribution in [1.82, 2.24) is 15.0 Å². The highest BCUT2D eigenvalue weighted by atomic mass is 35.5. The Morgan fingerprint density at radius 1 is 1.42 bits per heavy atom. The van der Waals surface area contributed by atoms with Crippen molar-refractivity contribution in [2.75, 3.05) is 13.1 Å². The Balaban J connectivity index is 1.61. The van der Waals surface area contributed by atoms with E-state index in [1.807, 2.05) is 30.0 Å². The van der Waals surface area contributed by atoms with Gasteiger partial charge in [-0.2, -0.15) is 4.98 Å². The molecule has 0 aliphatic carbocycles. The first-order valence-corrected chi connectivity index (χ1v) is 8.71. The number of hydrogen-bond donors (Lipinski definition) is 0. The van der Waals surface area contributed by atoms with Crippen LogP contribution in [0.5, 0.6) is 0 Å². The van der Waals surface area contributed by atoms with E-state index in [0.29, 0.717) is 23.3 Å². The molecule has 0 radical (unpaired) electrons. The summed E-state index contributed by atoms with van der Waals surface area (Å²) in [5.41, 5.74) is 1.91. The number of carbonyl (C=O) groups is 1. The Morgan fingerprint density at radius 2 is 2.25 bits per heavy atom. The zero-order valence-corrected chi connectivity index (χ0v) is 14.8. The van der Waals surface area contributed by atoms with E-state index in [0.717, 1.165) is 49.3 Å². The van der Waals surface area contributed by atoms with E-state index in [-0.39, 0.29) is 5.91 Å². The van der Waals surface area contributed by atoms with Crippen molar-refractivity contribution in [3.05, 3.63) is 46.1 Å². The van der Waals surface area contributed by atoms with Crippen LogP contribution in [-0.2, 0) is 17.6 Å². The van der Waals surface area contributed by atoms with Gasteiger partial charge in [0.05, 0.1) is 6.42 Å². The molecule has 0 saturated carbocycles. The van der Waals surface area contributed by atoms with Crippen LogP contribution >= 0.6 is 11.6 Å². The monoisotopic (exact) mass is 347 g/mol. The third kappa shape index (κ3) is 3.96. The van der Waals surface area contributed by atoms with E-state index in [1.165, 1.54) is 0 Å². The van der Waals surface area contributed by atoms with Gasteiger partial charge in [-0.1, -0.05) is 35.0 Å². The fourth-order valence-electron chi connectivity index (χ4n) is 3.26. The molecule has 3 rings (SSSR count). The summed E-state index contributed by atoms with van der Waals surface area (Å²) in [5.74, 6) is 1.83. The Bertz CT molecular complexity index is 729. The molecule has 6 heteroatoms. The Hall–Kier alpha value is -1.88. The predicted octanol–water partition coefficient (Wildman–Crippen LogP) is 3.36. The Labute approximate surface area is 147 Å². The quantitative estimate of drug-likeness (QED) is 0.850. The number of halogens is 1. The molecule has 0 unspecified atom stereocenters. The summed E-state index contributed by atoms with van der Waals surface area (Å²) in [6, 6.07) is 5.83. The van der Waals surface area contributed by atoms with Gasteiger partial charge in [0.25, 0.3) is 0 Å². The van der Waals surface area contributed by atoms with Gasteiger partial charge in [0.2, 0.25) is 11.8 Å². The molecule has 2 aromatic rings. The molecule has 0 bridgehead atoms. The summed E-state index contributed by atoms with van der Waals surface area (Å²) < 4.78 is 5.03. The highest BCUT2D eigenvalue weighted by Gasteiger charge is 2.25. The molecule has 1 aliphatic rings. The molecule has 1 atom stereocenters. The maximum absolute atomic E-state index is 12.7. The third-order valence-electron chi connectivity index (χ3n) is 4.53. The lowest BCUT2D eigenvalue weighted by atomic mass is 9.94. The van der Waals surface area contributed by atoms with Gasteiger partial charge in [-0.3, -0.25) is 4.79 Å². The average Bonchev–Trinajstić information content (AvgIpc) is 2.97. The lowest BCUT2D eigenvalue weighted by molar-refractivity contribution is -0.132. The first-order valence-electron chi connectivity index (χ1n) is 8.34.